The number of nitrogens with zero attached hydrogens (tertiary/aromatic N) is 6. The molecule has 30 heteroatoms. The average molecular weight is 929 g/mol. The summed E-state index contributed by atoms with van der Waals surface area (Å²) in [7, 11) is -10.4. The minimum atomic E-state index is -5.21. The van der Waals surface area contributed by atoms with Crippen molar-refractivity contribution in [1.29, 1.82) is 0 Å². The van der Waals surface area contributed by atoms with Crippen LogP contribution in [0.25, 0.3) is 12.2 Å². The van der Waals surface area contributed by atoms with Gasteiger partial charge in [0.1, 0.15) is 20.2 Å². The third kappa shape index (κ3) is 17.6. The van der Waals surface area contributed by atoms with Gasteiger partial charge in [-0.05, 0) is 35.4 Å². The van der Waals surface area contributed by atoms with Gasteiger partial charge in [-0.1, -0.05) is 24.3 Å². The maximum atomic E-state index is 12.4. The molecule has 4 unspecified atom stereocenters. The molecule has 0 aliphatic carbocycles. The maximum Gasteiger partial charge on any atom is 1.00 e. The number of hydrogen-bond donors (Lipinski definition) is 14. The Bertz CT molecular complexity index is 2100. The van der Waals surface area contributed by atoms with Crippen LogP contribution in [0.1, 0.15) is 11.1 Å². The van der Waals surface area contributed by atoms with Crippen molar-refractivity contribution in [2.24, 2.45) is 0 Å². The number of benzene rings is 2. The molecule has 2 aromatic carbocycles. The predicted octanol–water partition coefficient (Wildman–Crippen LogP) is -9.41. The molecule has 4 aromatic rings. The average Bonchev–Trinajstić information content (AvgIpc) is 3.21. The van der Waals surface area contributed by atoms with Crippen LogP contribution in [0.15, 0.2) is 46.2 Å². The number of aromatic nitrogens is 6. The van der Waals surface area contributed by atoms with Crippen molar-refractivity contribution in [3.05, 3.63) is 47.5 Å². The van der Waals surface area contributed by atoms with Crippen molar-refractivity contribution >= 4 is 79.5 Å². The quantitative estimate of drug-likeness (QED) is 0.0176. The van der Waals surface area contributed by atoms with Crippen LogP contribution < -0.4 is 91.0 Å². The first-order valence-corrected chi connectivity index (χ1v) is 20.3. The van der Waals surface area contributed by atoms with E-state index in [0.717, 1.165) is 24.3 Å². The summed E-state index contributed by atoms with van der Waals surface area (Å²) in [5, 5.41) is 91.4. The zero-order valence-corrected chi connectivity index (χ0v) is 38.7. The molecule has 14 N–H and O–H groups in total. The molecule has 4 atom stereocenters. The Balaban J connectivity index is 0.00000661. The summed E-state index contributed by atoms with van der Waals surface area (Å²) in [5.41, 5.74) is -0.492. The zero-order valence-electron chi connectivity index (χ0n) is 33.1. The van der Waals surface area contributed by atoms with Gasteiger partial charge in [-0.15, -0.1) is 0 Å². The molecule has 2 heterocycles. The van der Waals surface area contributed by atoms with E-state index in [1.54, 1.807) is 0 Å². The molecule has 0 saturated carbocycles. The molecule has 0 fully saturated rings. The predicted molar refractivity (Wildman–Crippen MR) is 210 cm³/mol. The van der Waals surface area contributed by atoms with E-state index < -0.39 is 80.9 Å². The summed E-state index contributed by atoms with van der Waals surface area (Å²) in [6.45, 7) is -3.09. The van der Waals surface area contributed by atoms with Gasteiger partial charge in [0.15, 0.2) is 0 Å². The number of aliphatic hydroxyl groups is 8. The number of nitrogens with one attached hydrogen (secondary N) is 6. The van der Waals surface area contributed by atoms with E-state index in [4.69, 9.17) is 20.4 Å². The van der Waals surface area contributed by atoms with Crippen molar-refractivity contribution < 1.29 is 126 Å². The monoisotopic (exact) mass is 928 g/mol. The summed E-state index contributed by atoms with van der Waals surface area (Å²) >= 11 is 0. The topological polar surface area (TPSA) is 426 Å². The van der Waals surface area contributed by atoms with E-state index >= 15 is 0 Å². The van der Waals surface area contributed by atoms with Crippen molar-refractivity contribution in [3.63, 3.8) is 0 Å². The smallest absolute Gasteiger partial charge is 0.744 e. The van der Waals surface area contributed by atoms with Gasteiger partial charge < -0.3 is 81.9 Å². The zero-order chi connectivity index (χ0) is 44.0. The van der Waals surface area contributed by atoms with Crippen LogP contribution in [0.5, 0.6) is 0 Å². The molecule has 62 heavy (non-hydrogen) atoms. The van der Waals surface area contributed by atoms with Crippen LogP contribution in [0.4, 0.5) is 47.1 Å². The summed E-state index contributed by atoms with van der Waals surface area (Å²) in [6.07, 6.45) is -2.59. The molecular formula is C32H42N12Na2O14S2. The molecule has 0 radical (unpaired) electrons. The van der Waals surface area contributed by atoms with Crippen LogP contribution in [0.2, 0.25) is 0 Å². The van der Waals surface area contributed by atoms with E-state index in [0.29, 0.717) is 0 Å². The molecule has 0 spiro atoms. The van der Waals surface area contributed by atoms with Crippen LogP contribution in [-0.2, 0) is 20.2 Å². The minimum absolute atomic E-state index is 0. The van der Waals surface area contributed by atoms with Gasteiger partial charge >= 0.3 is 59.1 Å². The van der Waals surface area contributed by atoms with Gasteiger partial charge in [-0.3, -0.25) is 0 Å². The Hall–Kier alpha value is -3.50. The SMILES string of the molecule is O=S(=O)([O-])c1cc(Nc2nc(NCC(O)CO)nc(NCC(O)CO)n2)ccc1C=Cc1ccc(Nc2nc(NCC(O)CO)nc(NCC(O)CO)n2)cc1S(=O)(=O)[O-].[Na+].[Na+]. The Kier molecular flexibility index (Phi) is 22.7. The van der Waals surface area contributed by atoms with E-state index in [-0.39, 0.29) is 143 Å². The van der Waals surface area contributed by atoms with Gasteiger partial charge in [-0.2, -0.15) is 29.9 Å². The second kappa shape index (κ2) is 25.7. The molecular weight excluding hydrogens is 887 g/mol. The molecule has 2 aromatic heterocycles. The standard InChI is InChI=1S/C32H44N12O14S2.2Na/c45-13-21(49)9-33-27-39-28(34-10-22(50)14-46)42-31(41-27)37-19-5-3-17(25(7-19)59(53,54)55)1-2-18-4-6-20(8-26(18)60(56,57)58)38-32-43-29(35-11-23(51)15-47)40-30(44-32)36-12-24(52)16-48;;/h1-8,21-24,45-52H,9-16H2,(H,53,54,55)(H,56,57,58)(H3,33,34,37,39,41,42)(H3,35,36,38,40,43,44);;/q;2*+1/p-2. The van der Waals surface area contributed by atoms with Crippen molar-refractivity contribution in [2.75, 3.05) is 84.5 Å². The Morgan fingerprint density at radius 3 is 0.984 bits per heavy atom. The first-order chi connectivity index (χ1) is 28.4. The van der Waals surface area contributed by atoms with E-state index in [9.17, 15) is 46.4 Å². The fraction of sp³-hybridized carbons (Fsp3) is 0.375. The molecule has 0 saturated heterocycles. The fourth-order valence-corrected chi connectivity index (χ4v) is 6.04. The van der Waals surface area contributed by atoms with Crippen LogP contribution in [0, 0.1) is 0 Å². The van der Waals surface area contributed by atoms with Crippen molar-refractivity contribution in [1.82, 2.24) is 29.9 Å². The van der Waals surface area contributed by atoms with Gasteiger partial charge in [0.2, 0.25) is 35.7 Å². The fourth-order valence-electron chi connectivity index (χ4n) is 4.64. The molecule has 0 aliphatic heterocycles. The number of hydrogen-bond acceptors (Lipinski definition) is 26. The molecule has 0 aliphatic rings. The number of anilines is 8. The molecule has 26 nitrogen and oxygen atoms in total. The third-order valence-corrected chi connectivity index (χ3v) is 9.40. The molecule has 328 valence electrons. The second-order valence-electron chi connectivity index (χ2n) is 12.5. The largest absolute Gasteiger partial charge is 1.00 e. The van der Waals surface area contributed by atoms with Gasteiger partial charge in [0, 0.05) is 37.6 Å². The Morgan fingerprint density at radius 1 is 0.484 bits per heavy atom. The number of rotatable bonds is 24. The first kappa shape index (κ1) is 54.6. The van der Waals surface area contributed by atoms with Gasteiger partial charge in [0.25, 0.3) is 0 Å². The molecule has 0 bridgehead atoms. The van der Waals surface area contributed by atoms with Crippen LogP contribution in [-0.4, -0.2) is 174 Å². The van der Waals surface area contributed by atoms with E-state index in [2.05, 4.69) is 61.8 Å². The first-order valence-electron chi connectivity index (χ1n) is 17.5. The van der Waals surface area contributed by atoms with Crippen LogP contribution >= 0.6 is 0 Å². The summed E-state index contributed by atoms with van der Waals surface area (Å²) in [5.74, 6) is -0.981. The van der Waals surface area contributed by atoms with Crippen molar-refractivity contribution in [3.8, 4) is 0 Å². The van der Waals surface area contributed by atoms with Gasteiger partial charge in [-0.25, -0.2) is 16.8 Å². The molecule has 0 amide bonds. The summed E-state index contributed by atoms with van der Waals surface area (Å²) < 4.78 is 74.5. The second-order valence-corrected chi connectivity index (χ2v) is 15.2. The third-order valence-electron chi connectivity index (χ3n) is 7.62. The Morgan fingerprint density at radius 2 is 0.742 bits per heavy atom. The van der Waals surface area contributed by atoms with Gasteiger partial charge in [0.05, 0.1) is 60.6 Å². The summed E-state index contributed by atoms with van der Waals surface area (Å²) in [6, 6.07) is 6.89. The normalized spacial score (nSPS) is 13.5. The van der Waals surface area contributed by atoms with Crippen LogP contribution in [0.3, 0.4) is 0 Å². The summed E-state index contributed by atoms with van der Waals surface area (Å²) in [4.78, 5) is 23.0. The van der Waals surface area contributed by atoms with Crippen molar-refractivity contribution in [2.45, 2.75) is 34.2 Å². The van der Waals surface area contributed by atoms with E-state index in [1.807, 2.05) is 0 Å². The van der Waals surface area contributed by atoms with E-state index in [1.165, 1.54) is 24.3 Å². The minimum Gasteiger partial charge on any atom is -0.744 e. The Labute approximate surface area is 398 Å². The molecule has 4 rings (SSSR count). The number of aliphatic hydroxyl groups excluding tert-OH is 8. The maximum absolute atomic E-state index is 12.4.